The second-order valence-electron chi connectivity index (χ2n) is 7.25. The fourth-order valence-electron chi connectivity index (χ4n) is 3.94. The molecule has 136 valence electrons. The molecule has 6 nitrogen and oxygen atoms in total. The summed E-state index contributed by atoms with van der Waals surface area (Å²) < 4.78 is 0. The number of amides is 1. The average molecular weight is 345 g/mol. The number of aliphatic carboxylic acids is 1. The molecule has 3 rings (SSSR count). The van der Waals surface area contributed by atoms with E-state index in [4.69, 9.17) is 10.8 Å². The quantitative estimate of drug-likeness (QED) is 0.762. The first-order valence-electron chi connectivity index (χ1n) is 9.16. The first-order chi connectivity index (χ1) is 12.0. The van der Waals surface area contributed by atoms with Crippen LogP contribution in [-0.4, -0.2) is 36.1 Å². The maximum Gasteiger partial charge on any atom is 0.306 e. The van der Waals surface area contributed by atoms with Crippen LogP contribution < -0.4 is 16.0 Å². The van der Waals surface area contributed by atoms with Crippen molar-refractivity contribution in [2.45, 2.75) is 44.6 Å². The number of nitrogens with zero attached hydrogens (tertiary/aromatic N) is 1. The van der Waals surface area contributed by atoms with Gasteiger partial charge < -0.3 is 21.1 Å². The van der Waals surface area contributed by atoms with E-state index in [-0.39, 0.29) is 17.7 Å². The first-order valence-corrected chi connectivity index (χ1v) is 9.16. The van der Waals surface area contributed by atoms with Crippen LogP contribution in [0, 0.1) is 11.8 Å². The Hall–Kier alpha value is -2.24. The number of primary amides is 1. The summed E-state index contributed by atoms with van der Waals surface area (Å²) in [6, 6.07) is 8.68. The Morgan fingerprint density at radius 3 is 2.32 bits per heavy atom. The van der Waals surface area contributed by atoms with Gasteiger partial charge in [0.1, 0.15) is 0 Å². The highest BCUT2D eigenvalue weighted by Crippen LogP contribution is 2.29. The largest absolute Gasteiger partial charge is 0.481 e. The lowest BCUT2D eigenvalue weighted by Gasteiger charge is -2.33. The molecule has 2 aliphatic rings. The molecule has 25 heavy (non-hydrogen) atoms. The zero-order valence-corrected chi connectivity index (χ0v) is 14.5. The molecule has 1 aliphatic carbocycles. The fraction of sp³-hybridized carbons (Fsp3) is 0.579. The van der Waals surface area contributed by atoms with Crippen molar-refractivity contribution in [2.75, 3.05) is 23.3 Å². The molecular weight excluding hydrogens is 318 g/mol. The van der Waals surface area contributed by atoms with Gasteiger partial charge in [0.25, 0.3) is 0 Å². The Morgan fingerprint density at radius 2 is 1.72 bits per heavy atom. The van der Waals surface area contributed by atoms with Gasteiger partial charge in [0.15, 0.2) is 0 Å². The van der Waals surface area contributed by atoms with Crippen LogP contribution in [0.1, 0.15) is 38.5 Å². The Kier molecular flexibility index (Phi) is 5.46. The first kappa shape index (κ1) is 17.6. The van der Waals surface area contributed by atoms with Crippen molar-refractivity contribution >= 4 is 23.3 Å². The van der Waals surface area contributed by atoms with Gasteiger partial charge in [-0.3, -0.25) is 9.59 Å². The lowest BCUT2D eigenvalue weighted by Crippen LogP contribution is -2.38. The molecule has 2 fully saturated rings. The summed E-state index contributed by atoms with van der Waals surface area (Å²) in [5.74, 6) is -1.04. The molecule has 1 aromatic rings. The molecule has 1 aliphatic heterocycles. The summed E-state index contributed by atoms with van der Waals surface area (Å²) in [6.07, 6.45) is 4.90. The molecule has 1 heterocycles. The van der Waals surface area contributed by atoms with E-state index in [0.29, 0.717) is 6.04 Å². The molecule has 1 amide bonds. The maximum absolute atomic E-state index is 11.3. The minimum Gasteiger partial charge on any atom is -0.481 e. The number of carbonyl (C=O) groups is 2. The number of benzene rings is 1. The molecule has 0 aromatic heterocycles. The number of rotatable bonds is 5. The number of nitrogens with two attached hydrogens (primary N) is 1. The smallest absolute Gasteiger partial charge is 0.306 e. The SMILES string of the molecule is NC(=O)C1CCN(c2cccc(NC3CCC(C(=O)O)CC3)c2)CC1. The maximum atomic E-state index is 11.3. The van der Waals surface area contributed by atoms with E-state index in [2.05, 4.69) is 28.4 Å². The predicted octanol–water partition coefficient (Wildman–Crippen LogP) is 2.44. The molecule has 4 N–H and O–H groups in total. The molecule has 6 heteroatoms. The van der Waals surface area contributed by atoms with Crippen LogP contribution in [0.5, 0.6) is 0 Å². The molecule has 1 saturated heterocycles. The molecule has 0 unspecified atom stereocenters. The number of carboxylic acid groups (broad SMARTS) is 1. The third-order valence-corrected chi connectivity index (χ3v) is 5.56. The van der Waals surface area contributed by atoms with E-state index in [9.17, 15) is 9.59 Å². The van der Waals surface area contributed by atoms with Gasteiger partial charge in [-0.05, 0) is 56.7 Å². The lowest BCUT2D eigenvalue weighted by atomic mass is 9.86. The van der Waals surface area contributed by atoms with Gasteiger partial charge in [-0.15, -0.1) is 0 Å². The van der Waals surface area contributed by atoms with Crippen LogP contribution in [0.2, 0.25) is 0 Å². The van der Waals surface area contributed by atoms with E-state index in [1.807, 2.05) is 6.07 Å². The Bertz CT molecular complexity index is 618. The second-order valence-corrected chi connectivity index (χ2v) is 7.25. The number of anilines is 2. The van der Waals surface area contributed by atoms with Gasteiger partial charge in [0.05, 0.1) is 5.92 Å². The summed E-state index contributed by atoms with van der Waals surface area (Å²) in [5, 5.41) is 12.6. The van der Waals surface area contributed by atoms with Crippen LogP contribution in [0.15, 0.2) is 24.3 Å². The van der Waals surface area contributed by atoms with Crippen molar-refractivity contribution in [3.05, 3.63) is 24.3 Å². The standard InChI is InChI=1S/C19H27N3O3/c20-18(23)13-8-10-22(11-9-13)17-3-1-2-16(12-17)21-15-6-4-14(5-7-15)19(24)25/h1-3,12-15,21H,4-11H2,(H2,20,23)(H,24,25). The molecule has 1 aromatic carbocycles. The number of hydrogen-bond donors (Lipinski definition) is 3. The highest BCUT2D eigenvalue weighted by molar-refractivity contribution is 5.77. The molecule has 0 radical (unpaired) electrons. The third-order valence-electron chi connectivity index (χ3n) is 5.56. The fourth-order valence-corrected chi connectivity index (χ4v) is 3.94. The summed E-state index contributed by atoms with van der Waals surface area (Å²) >= 11 is 0. The van der Waals surface area contributed by atoms with E-state index in [1.54, 1.807) is 0 Å². The minimum absolute atomic E-state index is 0.00183. The monoisotopic (exact) mass is 345 g/mol. The van der Waals surface area contributed by atoms with Gasteiger partial charge in [-0.2, -0.15) is 0 Å². The van der Waals surface area contributed by atoms with Crippen molar-refractivity contribution in [3.8, 4) is 0 Å². The number of carbonyl (C=O) groups excluding carboxylic acids is 1. The van der Waals surface area contributed by atoms with Crippen LogP contribution in [0.3, 0.4) is 0 Å². The highest BCUT2D eigenvalue weighted by Gasteiger charge is 2.26. The highest BCUT2D eigenvalue weighted by atomic mass is 16.4. The van der Waals surface area contributed by atoms with Crippen LogP contribution in [-0.2, 0) is 9.59 Å². The molecule has 0 atom stereocenters. The second kappa shape index (κ2) is 7.76. The summed E-state index contributed by atoms with van der Waals surface area (Å²) in [5.41, 5.74) is 7.64. The van der Waals surface area contributed by atoms with Crippen LogP contribution >= 0.6 is 0 Å². The van der Waals surface area contributed by atoms with Crippen molar-refractivity contribution in [1.29, 1.82) is 0 Å². The van der Waals surface area contributed by atoms with Crippen molar-refractivity contribution < 1.29 is 14.7 Å². The van der Waals surface area contributed by atoms with Crippen molar-refractivity contribution in [1.82, 2.24) is 0 Å². The third kappa shape index (κ3) is 4.44. The Balaban J connectivity index is 1.55. The van der Waals surface area contributed by atoms with E-state index >= 15 is 0 Å². The number of carboxylic acids is 1. The summed E-state index contributed by atoms with van der Waals surface area (Å²) in [7, 11) is 0. The topological polar surface area (TPSA) is 95.7 Å². The number of nitrogens with one attached hydrogen (secondary N) is 1. The van der Waals surface area contributed by atoms with Gasteiger partial charge in [0.2, 0.25) is 5.91 Å². The van der Waals surface area contributed by atoms with Gasteiger partial charge in [-0.1, -0.05) is 6.07 Å². The number of hydrogen-bond acceptors (Lipinski definition) is 4. The zero-order chi connectivity index (χ0) is 17.8. The molecule has 0 bridgehead atoms. The van der Waals surface area contributed by atoms with Crippen LogP contribution in [0.4, 0.5) is 11.4 Å². The van der Waals surface area contributed by atoms with Crippen LogP contribution in [0.25, 0.3) is 0 Å². The van der Waals surface area contributed by atoms with Gasteiger partial charge in [-0.25, -0.2) is 0 Å². The minimum atomic E-state index is -0.667. The van der Waals surface area contributed by atoms with E-state index < -0.39 is 5.97 Å². The van der Waals surface area contributed by atoms with Crippen molar-refractivity contribution in [2.24, 2.45) is 17.6 Å². The van der Waals surface area contributed by atoms with E-state index in [0.717, 1.165) is 63.0 Å². The lowest BCUT2D eigenvalue weighted by molar-refractivity contribution is -0.142. The van der Waals surface area contributed by atoms with Gasteiger partial charge >= 0.3 is 5.97 Å². The predicted molar refractivity (Wildman–Crippen MR) is 97.6 cm³/mol. The Labute approximate surface area is 148 Å². The molecule has 1 saturated carbocycles. The van der Waals surface area contributed by atoms with Gasteiger partial charge in [0, 0.05) is 36.4 Å². The summed E-state index contributed by atoms with van der Waals surface area (Å²) in [4.78, 5) is 24.6. The summed E-state index contributed by atoms with van der Waals surface area (Å²) in [6.45, 7) is 1.70. The average Bonchev–Trinajstić information content (AvgIpc) is 2.62. The number of piperidine rings is 1. The van der Waals surface area contributed by atoms with Crippen molar-refractivity contribution in [3.63, 3.8) is 0 Å². The zero-order valence-electron chi connectivity index (χ0n) is 14.5. The molecule has 0 spiro atoms. The van der Waals surface area contributed by atoms with E-state index in [1.165, 1.54) is 0 Å². The molecular formula is C19H27N3O3. The normalized spacial score (nSPS) is 24.7. The Morgan fingerprint density at radius 1 is 1.04 bits per heavy atom.